The number of allylic oxidation sites excluding steroid dienone is 6. The zero-order valence-electron chi connectivity index (χ0n) is 29.0. The third-order valence-electron chi connectivity index (χ3n) is 8.03. The van der Waals surface area contributed by atoms with E-state index in [1.54, 1.807) is 0 Å². The van der Waals surface area contributed by atoms with Crippen molar-refractivity contribution in [1.82, 2.24) is 0 Å². The van der Waals surface area contributed by atoms with Gasteiger partial charge in [0.2, 0.25) is 0 Å². The van der Waals surface area contributed by atoms with Gasteiger partial charge in [0.1, 0.15) is 42.7 Å². The molecule has 6 atom stereocenters. The van der Waals surface area contributed by atoms with E-state index in [4.69, 9.17) is 18.5 Å². The first-order chi connectivity index (χ1) is 23.0. The normalized spacial score (nSPS) is 25.2. The molecule has 1 rings (SSSR count). The zero-order chi connectivity index (χ0) is 35.6. The molecule has 0 heterocycles. The van der Waals surface area contributed by atoms with Crippen molar-refractivity contribution in [3.63, 3.8) is 0 Å². The topological polar surface area (TPSA) is 192 Å². The number of carbonyl (C=O) groups is 1. The summed E-state index contributed by atoms with van der Waals surface area (Å²) in [6.45, 7) is 3.99. The molecule has 0 amide bonds. The smallest absolute Gasteiger partial charge is 0.457 e. The number of hydrogen-bond donors (Lipinski definition) is 6. The second-order valence-corrected chi connectivity index (χ2v) is 13.7. The second-order valence-electron chi connectivity index (χ2n) is 12.3. The van der Waals surface area contributed by atoms with Crippen molar-refractivity contribution in [1.29, 1.82) is 0 Å². The molecule has 0 saturated heterocycles. The molecular weight excluding hydrogens is 643 g/mol. The van der Waals surface area contributed by atoms with Gasteiger partial charge in [-0.05, 0) is 44.9 Å². The molecule has 0 bridgehead atoms. The predicted octanol–water partition coefficient (Wildman–Crippen LogP) is 5.19. The molecule has 0 spiro atoms. The molecule has 48 heavy (non-hydrogen) atoms. The standard InChI is InChI=1S/C35H63O12P/c1-3-5-7-9-11-12-13-14-15-16-17-19-21-23-25-44-26-28(46-29(36)24-22-20-18-10-8-6-4-2)27-45-48(42,43)47-35-33(40)31(38)30(37)32(39)34(35)41/h5,7,11-12,14-15,28,30-35,37-41H,3-4,6,8-10,13,16-27H2,1-2H3,(H,42,43)/b7-5-,12-11-,15-14-. The quantitative estimate of drug-likeness (QED) is 0.0271. The van der Waals surface area contributed by atoms with Crippen molar-refractivity contribution >= 4 is 13.8 Å². The summed E-state index contributed by atoms with van der Waals surface area (Å²) in [6, 6.07) is 0. The molecule has 6 N–H and O–H groups in total. The number of esters is 1. The summed E-state index contributed by atoms with van der Waals surface area (Å²) in [6.07, 6.45) is 15.5. The van der Waals surface area contributed by atoms with Gasteiger partial charge in [-0.25, -0.2) is 4.57 Å². The van der Waals surface area contributed by atoms with E-state index in [1.807, 2.05) is 0 Å². The Morgan fingerprint density at radius 1 is 0.688 bits per heavy atom. The van der Waals surface area contributed by atoms with E-state index in [2.05, 4.69) is 50.3 Å². The third kappa shape index (κ3) is 20.3. The minimum Gasteiger partial charge on any atom is -0.457 e. The summed E-state index contributed by atoms with van der Waals surface area (Å²) < 4.78 is 33.8. The maximum absolute atomic E-state index is 12.7. The van der Waals surface area contributed by atoms with Crippen LogP contribution in [0.25, 0.3) is 0 Å². The van der Waals surface area contributed by atoms with Crippen LogP contribution < -0.4 is 0 Å². The summed E-state index contributed by atoms with van der Waals surface area (Å²) in [5, 5.41) is 49.8. The number of phosphoric ester groups is 1. The van der Waals surface area contributed by atoms with E-state index in [0.717, 1.165) is 77.0 Å². The van der Waals surface area contributed by atoms with Crippen molar-refractivity contribution in [3.8, 4) is 0 Å². The van der Waals surface area contributed by atoms with Gasteiger partial charge < -0.3 is 39.9 Å². The minimum atomic E-state index is -5.00. The van der Waals surface area contributed by atoms with Crippen LogP contribution in [0.1, 0.15) is 117 Å². The van der Waals surface area contributed by atoms with Crippen LogP contribution in [0.2, 0.25) is 0 Å². The van der Waals surface area contributed by atoms with Crippen LogP contribution in [0, 0.1) is 0 Å². The number of ether oxygens (including phenoxy) is 2. The SMILES string of the molecule is CC/C=C\C/C=C\C/C=C\CCCCCCOCC(COP(=O)(O)OC1C(O)C(O)C(O)C(O)C1O)OC(=O)CCCCCCCCC. The molecule has 0 aromatic carbocycles. The molecular formula is C35H63O12P. The van der Waals surface area contributed by atoms with Gasteiger partial charge in [0.05, 0.1) is 13.2 Å². The fourth-order valence-corrected chi connectivity index (χ4v) is 6.10. The Balaban J connectivity index is 2.50. The predicted molar refractivity (Wildman–Crippen MR) is 184 cm³/mol. The number of carbonyl (C=O) groups excluding carboxylic acids is 1. The number of rotatable bonds is 28. The lowest BCUT2D eigenvalue weighted by molar-refractivity contribution is -0.220. The first-order valence-corrected chi connectivity index (χ1v) is 19.3. The van der Waals surface area contributed by atoms with Crippen molar-refractivity contribution < 1.29 is 58.3 Å². The lowest BCUT2D eigenvalue weighted by atomic mass is 9.85. The van der Waals surface area contributed by atoms with E-state index in [1.165, 1.54) is 12.8 Å². The maximum Gasteiger partial charge on any atom is 0.472 e. The minimum absolute atomic E-state index is 0.0917. The van der Waals surface area contributed by atoms with Gasteiger partial charge in [0.15, 0.2) is 0 Å². The van der Waals surface area contributed by atoms with Gasteiger partial charge in [-0.2, -0.15) is 0 Å². The molecule has 1 aliphatic rings. The fraction of sp³-hybridized carbons (Fsp3) is 0.800. The number of phosphoric acid groups is 1. The highest BCUT2D eigenvalue weighted by Crippen LogP contribution is 2.47. The lowest BCUT2D eigenvalue weighted by Crippen LogP contribution is -2.64. The van der Waals surface area contributed by atoms with Crippen molar-refractivity contribution in [3.05, 3.63) is 36.5 Å². The van der Waals surface area contributed by atoms with E-state index < -0.39 is 63.1 Å². The number of aliphatic hydroxyl groups excluding tert-OH is 5. The highest BCUT2D eigenvalue weighted by atomic mass is 31.2. The maximum atomic E-state index is 12.7. The molecule has 0 aromatic rings. The van der Waals surface area contributed by atoms with Crippen LogP contribution >= 0.6 is 7.82 Å². The van der Waals surface area contributed by atoms with Crippen molar-refractivity contribution in [2.75, 3.05) is 19.8 Å². The lowest BCUT2D eigenvalue weighted by Gasteiger charge is -2.41. The van der Waals surface area contributed by atoms with Gasteiger partial charge in [-0.15, -0.1) is 0 Å². The first kappa shape index (κ1) is 44.6. The molecule has 0 aromatic heterocycles. The van der Waals surface area contributed by atoms with Gasteiger partial charge in [0.25, 0.3) is 0 Å². The Hall–Kier alpha value is -1.44. The number of hydrogen-bond acceptors (Lipinski definition) is 11. The van der Waals surface area contributed by atoms with Gasteiger partial charge in [-0.1, -0.05) is 102 Å². The van der Waals surface area contributed by atoms with Gasteiger partial charge in [-0.3, -0.25) is 13.8 Å². The van der Waals surface area contributed by atoms with Crippen molar-refractivity contribution in [2.24, 2.45) is 0 Å². The Labute approximate surface area is 287 Å². The van der Waals surface area contributed by atoms with Gasteiger partial charge >= 0.3 is 13.8 Å². The first-order valence-electron chi connectivity index (χ1n) is 17.8. The average molecular weight is 707 g/mol. The van der Waals surface area contributed by atoms with Crippen LogP contribution in [-0.4, -0.2) is 98.9 Å². The largest absolute Gasteiger partial charge is 0.472 e. The van der Waals surface area contributed by atoms with Crippen LogP contribution in [0.5, 0.6) is 0 Å². The number of unbranched alkanes of at least 4 members (excludes halogenated alkanes) is 10. The van der Waals surface area contributed by atoms with Crippen molar-refractivity contribution in [2.45, 2.75) is 159 Å². The van der Waals surface area contributed by atoms with E-state index >= 15 is 0 Å². The summed E-state index contributed by atoms with van der Waals surface area (Å²) >= 11 is 0. The Bertz CT molecular complexity index is 942. The summed E-state index contributed by atoms with van der Waals surface area (Å²) in [7, 11) is -5.00. The molecule has 1 aliphatic carbocycles. The third-order valence-corrected chi connectivity index (χ3v) is 9.01. The molecule has 0 radical (unpaired) electrons. The Kier molecular flexibility index (Phi) is 25.4. The molecule has 280 valence electrons. The van der Waals surface area contributed by atoms with Crippen LogP contribution in [0.4, 0.5) is 0 Å². The second kappa shape index (κ2) is 27.3. The molecule has 6 unspecified atom stereocenters. The summed E-state index contributed by atoms with van der Waals surface area (Å²) in [5.74, 6) is -0.496. The Morgan fingerprint density at radius 3 is 1.88 bits per heavy atom. The zero-order valence-corrected chi connectivity index (χ0v) is 29.9. The molecule has 13 heteroatoms. The molecule has 1 saturated carbocycles. The van der Waals surface area contributed by atoms with Crippen LogP contribution in [-0.2, 0) is 27.9 Å². The highest BCUT2D eigenvalue weighted by molar-refractivity contribution is 7.47. The number of aliphatic hydroxyl groups is 5. The van der Waals surface area contributed by atoms with Crippen LogP contribution in [0.3, 0.4) is 0 Å². The molecule has 12 nitrogen and oxygen atoms in total. The van der Waals surface area contributed by atoms with E-state index in [0.29, 0.717) is 13.0 Å². The summed E-state index contributed by atoms with van der Waals surface area (Å²) in [5.41, 5.74) is 0. The fourth-order valence-electron chi connectivity index (χ4n) is 5.13. The summed E-state index contributed by atoms with van der Waals surface area (Å²) in [4.78, 5) is 22.8. The average Bonchev–Trinajstić information content (AvgIpc) is 3.06. The van der Waals surface area contributed by atoms with E-state index in [-0.39, 0.29) is 13.0 Å². The van der Waals surface area contributed by atoms with E-state index in [9.17, 15) is 39.8 Å². The molecule has 1 fully saturated rings. The molecule has 0 aliphatic heterocycles. The van der Waals surface area contributed by atoms with Crippen LogP contribution in [0.15, 0.2) is 36.5 Å². The highest BCUT2D eigenvalue weighted by Gasteiger charge is 2.51. The monoisotopic (exact) mass is 706 g/mol. The van der Waals surface area contributed by atoms with Gasteiger partial charge in [0, 0.05) is 13.0 Å². The Morgan fingerprint density at radius 2 is 1.23 bits per heavy atom.